The van der Waals surface area contributed by atoms with Crippen molar-refractivity contribution in [3.63, 3.8) is 0 Å². The fourth-order valence-corrected chi connectivity index (χ4v) is 4.88. The van der Waals surface area contributed by atoms with E-state index in [0.29, 0.717) is 11.3 Å². The summed E-state index contributed by atoms with van der Waals surface area (Å²) in [6.45, 7) is 4.20. The minimum absolute atomic E-state index is 0.328. The van der Waals surface area contributed by atoms with Gasteiger partial charge in [0.1, 0.15) is 5.58 Å². The van der Waals surface area contributed by atoms with Crippen LogP contribution >= 0.6 is 11.8 Å². The monoisotopic (exact) mass is 412 g/mol. The molecule has 0 saturated heterocycles. The number of rotatable bonds is 4. The summed E-state index contributed by atoms with van der Waals surface area (Å²) in [6.07, 6.45) is 3.79. The maximum Gasteiger partial charge on any atom is 0.336 e. The Hall–Kier alpha value is -3.31. The second-order valence-corrected chi connectivity index (χ2v) is 8.35. The number of hydrogen-bond donors (Lipinski definition) is 0. The molecule has 0 N–H and O–H groups in total. The van der Waals surface area contributed by atoms with E-state index >= 15 is 0 Å². The number of aryl methyl sites for hydroxylation is 2. The number of hydrogen-bond acceptors (Lipinski definition) is 4. The number of benzene rings is 3. The van der Waals surface area contributed by atoms with Crippen molar-refractivity contribution in [2.24, 2.45) is 0 Å². The zero-order valence-electron chi connectivity index (χ0n) is 16.8. The van der Waals surface area contributed by atoms with E-state index < -0.39 is 0 Å². The standard InChI is InChI=1S/C25H20N2O2S/c1-16-7-9-21(17(2)13-16)27-12-11-26-25(27)30-15-19-14-23(28)29-22-10-8-18-5-3-4-6-20(18)24(19)22/h3-14H,15H2,1-2H3. The lowest BCUT2D eigenvalue weighted by atomic mass is 10.0. The Labute approximate surface area is 178 Å². The quantitative estimate of drug-likeness (QED) is 0.205. The molecule has 0 saturated carbocycles. The molecule has 0 atom stereocenters. The summed E-state index contributed by atoms with van der Waals surface area (Å²) >= 11 is 1.62. The van der Waals surface area contributed by atoms with Gasteiger partial charge in [-0.05, 0) is 47.9 Å². The highest BCUT2D eigenvalue weighted by Gasteiger charge is 2.13. The van der Waals surface area contributed by atoms with Crippen LogP contribution in [0.25, 0.3) is 27.4 Å². The van der Waals surface area contributed by atoms with Crippen LogP contribution in [0.1, 0.15) is 16.7 Å². The van der Waals surface area contributed by atoms with Crippen molar-refractivity contribution in [2.75, 3.05) is 0 Å². The van der Waals surface area contributed by atoms with Gasteiger partial charge >= 0.3 is 5.63 Å². The smallest absolute Gasteiger partial charge is 0.336 e. The number of aromatic nitrogens is 2. The van der Waals surface area contributed by atoms with Gasteiger partial charge in [-0.3, -0.25) is 4.57 Å². The summed E-state index contributed by atoms with van der Waals surface area (Å²) < 4.78 is 7.58. The maximum absolute atomic E-state index is 12.2. The van der Waals surface area contributed by atoms with E-state index in [1.807, 2.05) is 36.7 Å². The van der Waals surface area contributed by atoms with Gasteiger partial charge in [0.05, 0.1) is 5.69 Å². The van der Waals surface area contributed by atoms with Crippen molar-refractivity contribution in [3.8, 4) is 5.69 Å². The summed E-state index contributed by atoms with van der Waals surface area (Å²) in [4.78, 5) is 16.7. The molecule has 0 amide bonds. The van der Waals surface area contributed by atoms with Gasteiger partial charge < -0.3 is 4.42 Å². The van der Waals surface area contributed by atoms with Crippen LogP contribution in [0.2, 0.25) is 0 Å². The molecule has 2 heterocycles. The highest BCUT2D eigenvalue weighted by atomic mass is 32.2. The second kappa shape index (κ2) is 7.50. The summed E-state index contributed by atoms with van der Waals surface area (Å²) in [5.41, 5.74) is 4.80. The molecule has 0 aliphatic rings. The van der Waals surface area contributed by atoms with E-state index in [-0.39, 0.29) is 5.63 Å². The average molecular weight is 413 g/mol. The predicted octanol–water partition coefficient (Wildman–Crippen LogP) is 6.04. The van der Waals surface area contributed by atoms with Crippen molar-refractivity contribution in [1.82, 2.24) is 9.55 Å². The number of imidazole rings is 1. The fourth-order valence-electron chi connectivity index (χ4n) is 3.93. The Morgan fingerprint density at radius 2 is 1.90 bits per heavy atom. The highest BCUT2D eigenvalue weighted by Crippen LogP contribution is 2.32. The van der Waals surface area contributed by atoms with Gasteiger partial charge in [-0.2, -0.15) is 0 Å². The van der Waals surface area contributed by atoms with E-state index in [9.17, 15) is 4.79 Å². The first-order valence-corrected chi connectivity index (χ1v) is 10.8. The minimum atomic E-state index is -0.328. The zero-order chi connectivity index (χ0) is 20.7. The Morgan fingerprint density at radius 3 is 2.77 bits per heavy atom. The van der Waals surface area contributed by atoms with Gasteiger partial charge in [0.2, 0.25) is 0 Å². The molecule has 5 rings (SSSR count). The van der Waals surface area contributed by atoms with Crippen molar-refractivity contribution in [1.29, 1.82) is 0 Å². The van der Waals surface area contributed by atoms with Crippen molar-refractivity contribution in [2.45, 2.75) is 24.8 Å². The van der Waals surface area contributed by atoms with E-state index in [0.717, 1.165) is 32.6 Å². The molecule has 0 bridgehead atoms. The van der Waals surface area contributed by atoms with Crippen LogP contribution in [0.4, 0.5) is 0 Å². The van der Waals surface area contributed by atoms with Crippen LogP contribution in [0.5, 0.6) is 0 Å². The average Bonchev–Trinajstić information content (AvgIpc) is 3.20. The van der Waals surface area contributed by atoms with Crippen molar-refractivity contribution in [3.05, 3.63) is 100 Å². The third-order valence-corrected chi connectivity index (χ3v) is 6.31. The van der Waals surface area contributed by atoms with Gasteiger partial charge in [0, 0.05) is 29.6 Å². The molecular weight excluding hydrogens is 392 g/mol. The van der Waals surface area contributed by atoms with Crippen molar-refractivity contribution < 1.29 is 4.42 Å². The molecule has 4 nitrogen and oxygen atoms in total. The van der Waals surface area contributed by atoms with E-state index in [1.54, 1.807) is 17.8 Å². The first kappa shape index (κ1) is 18.7. The Balaban J connectivity index is 1.56. The molecule has 148 valence electrons. The fraction of sp³-hybridized carbons (Fsp3) is 0.120. The molecular formula is C25H20N2O2S. The van der Waals surface area contributed by atoms with Crippen LogP contribution in [-0.2, 0) is 5.75 Å². The van der Waals surface area contributed by atoms with Crippen LogP contribution in [0.3, 0.4) is 0 Å². The molecule has 3 aromatic carbocycles. The molecule has 5 aromatic rings. The lowest BCUT2D eigenvalue weighted by molar-refractivity contribution is 0.560. The molecule has 0 spiro atoms. The third-order valence-electron chi connectivity index (χ3n) is 5.29. The zero-order valence-corrected chi connectivity index (χ0v) is 17.6. The first-order valence-electron chi connectivity index (χ1n) is 9.78. The number of nitrogens with zero attached hydrogens (tertiary/aromatic N) is 2. The SMILES string of the molecule is Cc1ccc(-n2ccnc2SCc2cc(=O)oc3ccc4ccccc4c23)c(C)c1. The topological polar surface area (TPSA) is 48.0 Å². The van der Waals surface area contributed by atoms with Crippen LogP contribution in [0.15, 0.2) is 87.4 Å². The molecule has 0 fully saturated rings. The van der Waals surface area contributed by atoms with Crippen molar-refractivity contribution >= 4 is 33.5 Å². The molecule has 0 unspecified atom stereocenters. The lowest BCUT2D eigenvalue weighted by Crippen LogP contribution is -2.02. The summed E-state index contributed by atoms with van der Waals surface area (Å²) in [7, 11) is 0. The normalized spacial score (nSPS) is 11.4. The minimum Gasteiger partial charge on any atom is -0.423 e. The number of thioether (sulfide) groups is 1. The Morgan fingerprint density at radius 1 is 1.03 bits per heavy atom. The second-order valence-electron chi connectivity index (χ2n) is 7.41. The molecule has 2 aromatic heterocycles. The molecule has 30 heavy (non-hydrogen) atoms. The van der Waals surface area contributed by atoms with Gasteiger partial charge in [-0.25, -0.2) is 9.78 Å². The maximum atomic E-state index is 12.2. The van der Waals surface area contributed by atoms with Gasteiger partial charge in [0.15, 0.2) is 5.16 Å². The van der Waals surface area contributed by atoms with E-state index in [1.165, 1.54) is 11.1 Å². The predicted molar refractivity (Wildman–Crippen MR) is 123 cm³/mol. The Bertz CT molecular complexity index is 1450. The Kier molecular flexibility index (Phi) is 4.68. The van der Waals surface area contributed by atoms with Gasteiger partial charge in [0.25, 0.3) is 0 Å². The van der Waals surface area contributed by atoms with Gasteiger partial charge in [-0.1, -0.05) is 59.8 Å². The third kappa shape index (κ3) is 3.31. The summed E-state index contributed by atoms with van der Waals surface area (Å²) in [5.74, 6) is 0.623. The van der Waals surface area contributed by atoms with Crippen LogP contribution in [-0.4, -0.2) is 9.55 Å². The lowest BCUT2D eigenvalue weighted by Gasteiger charge is -2.12. The molecule has 0 aliphatic heterocycles. The molecule has 0 radical (unpaired) electrons. The van der Waals surface area contributed by atoms with Gasteiger partial charge in [-0.15, -0.1) is 0 Å². The number of fused-ring (bicyclic) bond motifs is 3. The van der Waals surface area contributed by atoms with Crippen LogP contribution in [0, 0.1) is 13.8 Å². The first-order chi connectivity index (χ1) is 14.6. The van der Waals surface area contributed by atoms with Crippen LogP contribution < -0.4 is 5.63 Å². The molecule has 5 heteroatoms. The van der Waals surface area contributed by atoms with E-state index in [2.05, 4.69) is 53.7 Å². The molecule has 0 aliphatic carbocycles. The summed E-state index contributed by atoms with van der Waals surface area (Å²) in [5, 5.41) is 4.10. The summed E-state index contributed by atoms with van der Waals surface area (Å²) in [6, 6.07) is 20.0. The highest BCUT2D eigenvalue weighted by molar-refractivity contribution is 7.98. The van der Waals surface area contributed by atoms with E-state index in [4.69, 9.17) is 4.42 Å². The largest absolute Gasteiger partial charge is 0.423 e.